The normalized spacial score (nSPS) is 12.9. The molecule has 0 radical (unpaired) electrons. The van der Waals surface area contributed by atoms with Crippen molar-refractivity contribution in [3.63, 3.8) is 0 Å². The molecule has 0 atom stereocenters. The molecule has 0 spiro atoms. The first-order valence-electron chi connectivity index (χ1n) is 15.4. The third-order valence-electron chi connectivity index (χ3n) is 7.68. The molecule has 2 amide bonds. The summed E-state index contributed by atoms with van der Waals surface area (Å²) in [7, 11) is 0. The average molecular weight is 581 g/mol. The van der Waals surface area contributed by atoms with Crippen LogP contribution in [0.2, 0.25) is 0 Å². The van der Waals surface area contributed by atoms with E-state index in [0.717, 1.165) is 19.3 Å². The first-order chi connectivity index (χ1) is 19.0. The standard InChI is InChI=1S/C36H56N2O4/c1-14-15-16-17-28(37-31(41)22-18-24(33(2,3)4)29(39)25(19-22)34(5,6)7)38-32(42)23-20-26(35(8,9)10)30(40)27(21-23)36(11,12)13/h18-21,28,39-40H,14-17H2,1-13H3,(H,37,41)(H,38,42). The summed E-state index contributed by atoms with van der Waals surface area (Å²) in [4.78, 5) is 27.4. The minimum Gasteiger partial charge on any atom is -0.507 e. The van der Waals surface area contributed by atoms with Crippen molar-refractivity contribution in [2.75, 3.05) is 0 Å². The number of aromatic hydroxyl groups is 2. The molecule has 6 nitrogen and oxygen atoms in total. The summed E-state index contributed by atoms with van der Waals surface area (Å²) in [6.45, 7) is 26.3. The predicted octanol–water partition coefficient (Wildman–Crippen LogP) is 8.35. The Bertz CT molecular complexity index is 1120. The Kier molecular flexibility index (Phi) is 10.6. The highest BCUT2D eigenvalue weighted by atomic mass is 16.3. The molecule has 42 heavy (non-hydrogen) atoms. The minimum absolute atomic E-state index is 0.219. The molecule has 0 fully saturated rings. The van der Waals surface area contributed by atoms with Gasteiger partial charge in [0.2, 0.25) is 0 Å². The number of unbranched alkanes of at least 4 members (excludes halogenated alkanes) is 2. The van der Waals surface area contributed by atoms with Crippen LogP contribution in [-0.2, 0) is 21.7 Å². The molecule has 2 aromatic rings. The smallest absolute Gasteiger partial charge is 0.252 e. The van der Waals surface area contributed by atoms with Crippen LogP contribution < -0.4 is 10.6 Å². The van der Waals surface area contributed by atoms with Crippen LogP contribution in [0.25, 0.3) is 0 Å². The summed E-state index contributed by atoms with van der Waals surface area (Å²) < 4.78 is 0. The van der Waals surface area contributed by atoms with E-state index in [1.54, 1.807) is 24.3 Å². The summed E-state index contributed by atoms with van der Waals surface area (Å²) >= 11 is 0. The van der Waals surface area contributed by atoms with Crippen molar-refractivity contribution < 1.29 is 19.8 Å². The molecule has 0 saturated heterocycles. The van der Waals surface area contributed by atoms with Crippen LogP contribution in [0.5, 0.6) is 11.5 Å². The molecule has 234 valence electrons. The Morgan fingerprint density at radius 3 is 1.12 bits per heavy atom. The van der Waals surface area contributed by atoms with Crippen molar-refractivity contribution in [1.82, 2.24) is 10.6 Å². The zero-order chi connectivity index (χ0) is 32.4. The van der Waals surface area contributed by atoms with Crippen molar-refractivity contribution in [2.45, 2.75) is 144 Å². The van der Waals surface area contributed by atoms with E-state index in [2.05, 4.69) is 17.6 Å². The van der Waals surface area contributed by atoms with Gasteiger partial charge in [-0.1, -0.05) is 103 Å². The van der Waals surface area contributed by atoms with E-state index in [-0.39, 0.29) is 45.0 Å². The zero-order valence-electron chi connectivity index (χ0n) is 28.4. The maximum absolute atomic E-state index is 13.7. The molecule has 0 aliphatic carbocycles. The number of hydrogen-bond acceptors (Lipinski definition) is 4. The highest BCUT2D eigenvalue weighted by molar-refractivity contribution is 5.97. The Balaban J connectivity index is 2.52. The summed E-state index contributed by atoms with van der Waals surface area (Å²) in [6, 6.07) is 7.04. The van der Waals surface area contributed by atoms with Crippen LogP contribution >= 0.6 is 0 Å². The van der Waals surface area contributed by atoms with Gasteiger partial charge in [0.25, 0.3) is 11.8 Å². The van der Waals surface area contributed by atoms with Gasteiger partial charge in [0.1, 0.15) is 17.7 Å². The van der Waals surface area contributed by atoms with Crippen LogP contribution in [-0.4, -0.2) is 28.2 Å². The number of nitrogens with one attached hydrogen (secondary N) is 2. The van der Waals surface area contributed by atoms with E-state index in [9.17, 15) is 19.8 Å². The molecular formula is C36H56N2O4. The molecule has 2 rings (SSSR count). The highest BCUT2D eigenvalue weighted by Gasteiger charge is 2.30. The molecule has 0 bridgehead atoms. The Morgan fingerprint density at radius 1 is 0.595 bits per heavy atom. The summed E-state index contributed by atoms with van der Waals surface area (Å²) in [5.74, 6) is -0.166. The summed E-state index contributed by atoms with van der Waals surface area (Å²) in [5.41, 5.74) is 2.25. The second-order valence-corrected chi connectivity index (χ2v) is 15.8. The highest BCUT2D eigenvalue weighted by Crippen LogP contribution is 2.41. The lowest BCUT2D eigenvalue weighted by atomic mass is 9.78. The Morgan fingerprint density at radius 2 is 0.881 bits per heavy atom. The second kappa shape index (κ2) is 12.7. The molecule has 6 heteroatoms. The number of carbonyl (C=O) groups is 2. The minimum atomic E-state index is -0.591. The van der Waals surface area contributed by atoms with Gasteiger partial charge in [0.15, 0.2) is 0 Å². The van der Waals surface area contributed by atoms with Crippen LogP contribution in [0.3, 0.4) is 0 Å². The number of phenols is 2. The maximum Gasteiger partial charge on any atom is 0.252 e. The largest absolute Gasteiger partial charge is 0.507 e. The van der Waals surface area contributed by atoms with Crippen LogP contribution in [0.4, 0.5) is 0 Å². The zero-order valence-corrected chi connectivity index (χ0v) is 28.4. The number of amides is 2. The van der Waals surface area contributed by atoms with Gasteiger partial charge in [-0.05, 0) is 58.8 Å². The molecule has 0 heterocycles. The SMILES string of the molecule is CCCCCC(NC(=O)c1cc(C(C)(C)C)c(O)c(C(C)(C)C)c1)NC(=O)c1cc(C(C)(C)C)c(O)c(C(C)(C)C)c1. The van der Waals surface area contributed by atoms with Gasteiger partial charge in [-0.3, -0.25) is 9.59 Å². The van der Waals surface area contributed by atoms with Crippen LogP contribution in [0, 0.1) is 0 Å². The van der Waals surface area contributed by atoms with Crippen molar-refractivity contribution in [3.8, 4) is 11.5 Å². The maximum atomic E-state index is 13.7. The van der Waals surface area contributed by atoms with E-state index >= 15 is 0 Å². The lowest BCUT2D eigenvalue weighted by molar-refractivity contribution is 0.0878. The van der Waals surface area contributed by atoms with E-state index < -0.39 is 6.17 Å². The van der Waals surface area contributed by atoms with Gasteiger partial charge < -0.3 is 20.8 Å². The molecule has 0 aliphatic heterocycles. The second-order valence-electron chi connectivity index (χ2n) is 15.8. The third kappa shape index (κ3) is 8.75. The quantitative estimate of drug-likeness (QED) is 0.186. The Labute approximate surface area is 254 Å². The number of carbonyl (C=O) groups excluding carboxylic acids is 2. The monoisotopic (exact) mass is 580 g/mol. The van der Waals surface area contributed by atoms with Crippen LogP contribution in [0.15, 0.2) is 24.3 Å². The molecule has 0 saturated carbocycles. The average Bonchev–Trinajstić information content (AvgIpc) is 2.81. The van der Waals surface area contributed by atoms with E-state index in [0.29, 0.717) is 39.8 Å². The topological polar surface area (TPSA) is 98.7 Å². The molecular weight excluding hydrogens is 524 g/mol. The first kappa shape index (κ1) is 35.2. The van der Waals surface area contributed by atoms with E-state index in [1.165, 1.54) is 0 Å². The van der Waals surface area contributed by atoms with Gasteiger partial charge in [-0.15, -0.1) is 0 Å². The van der Waals surface area contributed by atoms with Crippen LogP contribution in [0.1, 0.15) is 159 Å². The molecule has 2 aromatic carbocycles. The number of rotatable bonds is 8. The molecule has 4 N–H and O–H groups in total. The van der Waals surface area contributed by atoms with Crippen molar-refractivity contribution >= 4 is 11.8 Å². The van der Waals surface area contributed by atoms with Gasteiger partial charge in [-0.25, -0.2) is 0 Å². The predicted molar refractivity (Wildman–Crippen MR) is 174 cm³/mol. The Hall–Kier alpha value is -3.02. The summed E-state index contributed by atoms with van der Waals surface area (Å²) in [5, 5.41) is 28.4. The van der Waals surface area contributed by atoms with Gasteiger partial charge >= 0.3 is 0 Å². The first-order valence-corrected chi connectivity index (χ1v) is 15.4. The lowest BCUT2D eigenvalue weighted by Gasteiger charge is -2.29. The van der Waals surface area contributed by atoms with Gasteiger partial charge in [-0.2, -0.15) is 0 Å². The summed E-state index contributed by atoms with van der Waals surface area (Å²) in [6.07, 6.45) is 2.82. The number of phenolic OH excluding ortho intramolecular Hbond substituents is 2. The molecule has 0 unspecified atom stereocenters. The van der Waals surface area contributed by atoms with E-state index in [4.69, 9.17) is 0 Å². The molecule has 0 aliphatic rings. The molecule has 0 aromatic heterocycles. The van der Waals surface area contributed by atoms with E-state index in [1.807, 2.05) is 83.1 Å². The fraction of sp³-hybridized carbons (Fsp3) is 0.611. The number of benzene rings is 2. The number of hydrogen-bond donors (Lipinski definition) is 4. The lowest BCUT2D eigenvalue weighted by Crippen LogP contribution is -2.48. The fourth-order valence-electron chi connectivity index (χ4n) is 5.08. The van der Waals surface area contributed by atoms with Crippen molar-refractivity contribution in [1.29, 1.82) is 0 Å². The van der Waals surface area contributed by atoms with Gasteiger partial charge in [0.05, 0.1) is 0 Å². The van der Waals surface area contributed by atoms with Crippen molar-refractivity contribution in [3.05, 3.63) is 57.6 Å². The third-order valence-corrected chi connectivity index (χ3v) is 7.68. The van der Waals surface area contributed by atoms with Crippen molar-refractivity contribution in [2.24, 2.45) is 0 Å². The fourth-order valence-corrected chi connectivity index (χ4v) is 5.08. The van der Waals surface area contributed by atoms with Gasteiger partial charge in [0, 0.05) is 33.4 Å².